The van der Waals surface area contributed by atoms with Crippen LogP contribution in [-0.2, 0) is 85.9 Å². The zero-order chi connectivity index (χ0) is 67.1. The molecule has 0 spiro atoms. The van der Waals surface area contributed by atoms with Gasteiger partial charge in [-0.15, -0.1) is 6.58 Å². The van der Waals surface area contributed by atoms with E-state index in [1.807, 2.05) is 27.7 Å². The Morgan fingerprint density at radius 1 is 0.466 bits per heavy atom. The Morgan fingerprint density at radius 2 is 0.773 bits per heavy atom. The molecule has 508 valence electrons. The second kappa shape index (κ2) is 73.2. The van der Waals surface area contributed by atoms with Gasteiger partial charge >= 0.3 is 0 Å². The number of carbonyl (C=O) groups excluding carboxylic acids is 9. The lowest BCUT2D eigenvalue weighted by Crippen LogP contribution is -2.43. The molecule has 6 amide bonds. The van der Waals surface area contributed by atoms with Crippen molar-refractivity contribution in [1.29, 1.82) is 0 Å². The van der Waals surface area contributed by atoms with E-state index in [0.29, 0.717) is 163 Å². The van der Waals surface area contributed by atoms with Crippen LogP contribution >= 0.6 is 0 Å². The second-order valence-electron chi connectivity index (χ2n) is 18.4. The van der Waals surface area contributed by atoms with Gasteiger partial charge in [-0.05, 0) is 98.5 Å². The summed E-state index contributed by atoms with van der Waals surface area (Å²) in [7, 11) is 0. The highest BCUT2D eigenvalue weighted by Crippen LogP contribution is 2.02. The molecule has 0 fully saturated rings. The lowest BCUT2D eigenvalue weighted by Gasteiger charge is -2.14. The topological polar surface area (TPSA) is 373 Å². The molecule has 0 rings (SSSR count). The molecule has 10 N–H and O–H groups in total. The Morgan fingerprint density at radius 3 is 1.08 bits per heavy atom. The van der Waals surface area contributed by atoms with Gasteiger partial charge in [0.2, 0.25) is 29.5 Å². The molecule has 0 aliphatic carbocycles. The molecule has 0 aromatic carbocycles. The van der Waals surface area contributed by atoms with E-state index in [-0.39, 0.29) is 106 Å². The molecule has 0 saturated carbocycles. The van der Waals surface area contributed by atoms with Crippen molar-refractivity contribution >= 4 is 58.5 Å². The van der Waals surface area contributed by atoms with Gasteiger partial charge in [0, 0.05) is 51.9 Å². The first-order chi connectivity index (χ1) is 42.3. The second-order valence-corrected chi connectivity index (χ2v) is 18.4. The van der Waals surface area contributed by atoms with Crippen molar-refractivity contribution in [2.24, 2.45) is 16.6 Å². The average molecular weight is 1260 g/mol. The van der Waals surface area contributed by atoms with Crippen molar-refractivity contribution in [1.82, 2.24) is 31.9 Å². The van der Waals surface area contributed by atoms with Crippen LogP contribution < -0.4 is 43.4 Å². The average Bonchev–Trinajstić information content (AvgIpc) is 3.50. The van der Waals surface area contributed by atoms with Crippen LogP contribution in [0, 0.1) is 0 Å². The molecule has 0 heterocycles. The summed E-state index contributed by atoms with van der Waals surface area (Å²) in [4.78, 5) is 108. The maximum absolute atomic E-state index is 12.1. The Balaban J connectivity index is -0.00000136. The van der Waals surface area contributed by atoms with Crippen molar-refractivity contribution in [3.05, 3.63) is 43.0 Å². The molecule has 27 heteroatoms. The van der Waals surface area contributed by atoms with Gasteiger partial charge in [0.25, 0.3) is 5.91 Å². The monoisotopic (exact) mass is 1260 g/mol. The zero-order valence-electron chi connectivity index (χ0n) is 54.3. The first-order valence-corrected chi connectivity index (χ1v) is 30.0. The Hall–Kier alpha value is -6.28. The number of nitrogens with zero attached hydrogens (tertiary/aromatic N) is 1. The molecular weight excluding hydrogens is 1150 g/mol. The predicted octanol–water partition coefficient (Wildman–Crippen LogP) is 2.41. The van der Waals surface area contributed by atoms with Gasteiger partial charge in [-0.2, -0.15) is 0 Å². The SMILES string of the molecule is C=C=C=C=C.C=CC.CC.CC(=O)CN[C@@H](CCCCNC(=O)CCOCCOCCOCCOCCNC(=O)CC/C(C)=N\OCC(=O)NCCOCCOCCOCCOCCC(=O)NCCCC[C@H](NCC(C)=O)C(N)=O)C(N)=O.CCC(C)=O. The number of primary amides is 2. The van der Waals surface area contributed by atoms with Crippen LogP contribution in [0.5, 0.6) is 0 Å². The molecule has 0 radical (unpaired) electrons. The van der Waals surface area contributed by atoms with Gasteiger partial charge in [0.1, 0.15) is 17.3 Å². The fraction of sp³-hybridized carbons (Fsp3) is 0.721. The Labute approximate surface area is 524 Å². The molecule has 0 saturated heterocycles. The van der Waals surface area contributed by atoms with Gasteiger partial charge < -0.3 is 80.3 Å². The van der Waals surface area contributed by atoms with Gasteiger partial charge in [0.05, 0.1) is 137 Å². The minimum Gasteiger partial charge on any atom is -0.386 e. The first kappa shape index (κ1) is 90.5. The molecule has 0 unspecified atom stereocenters. The number of hydrogen-bond donors (Lipinski definition) is 8. The number of oxime groups is 1. The summed E-state index contributed by atoms with van der Waals surface area (Å²) in [6.07, 6.45) is 7.07. The van der Waals surface area contributed by atoms with Crippen LogP contribution in [0.2, 0.25) is 0 Å². The van der Waals surface area contributed by atoms with E-state index in [2.05, 4.69) is 74.0 Å². The molecule has 0 aliphatic heterocycles. The summed E-state index contributed by atoms with van der Waals surface area (Å²) in [5.41, 5.74) is 18.3. The van der Waals surface area contributed by atoms with Crippen molar-refractivity contribution in [2.45, 2.75) is 138 Å². The van der Waals surface area contributed by atoms with E-state index >= 15 is 0 Å². The maximum Gasteiger partial charge on any atom is 0.260 e. The fourth-order valence-electron chi connectivity index (χ4n) is 5.92. The zero-order valence-corrected chi connectivity index (χ0v) is 54.3. The number of rotatable bonds is 55. The van der Waals surface area contributed by atoms with Gasteiger partial charge in [-0.1, -0.05) is 43.5 Å². The molecule has 0 aromatic rings. The summed E-state index contributed by atoms with van der Waals surface area (Å²) in [5.74, 6) is -1.71. The quantitative estimate of drug-likeness (QED) is 0.0142. The fourth-order valence-corrected chi connectivity index (χ4v) is 5.92. The number of amides is 6. The number of allylic oxidation sites excluding steroid dienone is 1. The smallest absolute Gasteiger partial charge is 0.260 e. The number of ether oxygens (including phenoxy) is 8. The normalized spacial score (nSPS) is 10.9. The van der Waals surface area contributed by atoms with Crippen molar-refractivity contribution < 1.29 is 85.9 Å². The largest absolute Gasteiger partial charge is 0.386 e. The Kier molecular flexibility index (Phi) is 75.2. The van der Waals surface area contributed by atoms with E-state index in [0.717, 1.165) is 0 Å². The molecule has 0 bridgehead atoms. The van der Waals surface area contributed by atoms with Gasteiger partial charge in [-0.3, -0.25) is 49.0 Å². The van der Waals surface area contributed by atoms with Crippen LogP contribution in [0.15, 0.2) is 48.2 Å². The summed E-state index contributed by atoms with van der Waals surface area (Å²) in [5, 5.41) is 20.6. The number of ketones is 3. The highest BCUT2D eigenvalue weighted by molar-refractivity contribution is 5.87. The number of Topliss-reactive ketones (excluding diaryl/α,β-unsaturated/α-hetero) is 3. The van der Waals surface area contributed by atoms with Crippen LogP contribution in [0.1, 0.15) is 126 Å². The summed E-state index contributed by atoms with van der Waals surface area (Å²) >= 11 is 0. The van der Waals surface area contributed by atoms with Crippen LogP contribution in [0.25, 0.3) is 0 Å². The highest BCUT2D eigenvalue weighted by atomic mass is 16.6. The summed E-state index contributed by atoms with van der Waals surface area (Å²) in [6.45, 7) is 30.6. The van der Waals surface area contributed by atoms with Crippen LogP contribution in [0.4, 0.5) is 0 Å². The summed E-state index contributed by atoms with van der Waals surface area (Å²) < 4.78 is 43.6. The number of carbonyl (C=O) groups is 9. The number of hydrogen-bond acceptors (Lipinski definition) is 21. The van der Waals surface area contributed by atoms with Crippen molar-refractivity contribution in [3.8, 4) is 0 Å². The van der Waals surface area contributed by atoms with E-state index in [1.54, 1.807) is 19.9 Å². The van der Waals surface area contributed by atoms with Gasteiger partial charge in [-0.25, -0.2) is 0 Å². The van der Waals surface area contributed by atoms with Crippen LogP contribution in [0.3, 0.4) is 0 Å². The third-order valence-electron chi connectivity index (χ3n) is 10.5. The lowest BCUT2D eigenvalue weighted by atomic mass is 10.1. The van der Waals surface area contributed by atoms with E-state index in [1.165, 1.54) is 13.8 Å². The summed E-state index contributed by atoms with van der Waals surface area (Å²) in [6, 6.07) is -1.14. The standard InChI is InChI=1S/C47H87N9O17.C5H4.C4H8O.C3H6.C2H6/c1-37(10-11-42(59)52-16-20-67-24-28-71-32-30-69-26-22-65-18-12-43(60)50-14-6-4-8-40(46(48)63)54-34-38(2)57)56-73-36-45(62)53-17-21-68-25-29-72-33-31-70-27-23-66-19-13-44(61)51-15-7-5-9-41(47(49)64)55-35-39(3)58;1-3-5-4-2;1-3-4(2)5;1-3-2;1-2/h40-41,54-55H,4-36H2,1-3H3,(H2,48,63)(H2,49,64)(H,50,60)(H,51,61)(H,52,59)(H,53,62);1-2H2;3H2,1-2H3;3H,1H2,2H3;1-2H3/b56-37-;;;;/t40-,41-;;;;/m0..../s1. The molecular formula is C61H111N9O18. The minimum atomic E-state index is -0.569. The van der Waals surface area contributed by atoms with Crippen molar-refractivity contribution in [2.75, 3.05) is 152 Å². The molecule has 27 nitrogen and oxygen atoms in total. The van der Waals surface area contributed by atoms with E-state index in [9.17, 15) is 43.2 Å². The molecule has 0 aromatic heterocycles. The van der Waals surface area contributed by atoms with E-state index < -0.39 is 23.9 Å². The molecule has 88 heavy (non-hydrogen) atoms. The minimum absolute atomic E-state index is 0.0772. The number of nitrogens with two attached hydrogens (primary N) is 2. The number of nitrogens with one attached hydrogen (secondary N) is 6. The third-order valence-corrected chi connectivity index (χ3v) is 10.5. The van der Waals surface area contributed by atoms with Crippen LogP contribution in [-0.4, -0.2) is 222 Å². The first-order valence-electron chi connectivity index (χ1n) is 30.0. The van der Waals surface area contributed by atoms with E-state index in [4.69, 9.17) is 54.2 Å². The maximum atomic E-state index is 12.1. The predicted molar refractivity (Wildman–Crippen MR) is 337 cm³/mol. The molecule has 2 atom stereocenters. The van der Waals surface area contributed by atoms with Gasteiger partial charge in [0.15, 0.2) is 6.61 Å². The molecule has 0 aliphatic rings. The lowest BCUT2D eigenvalue weighted by molar-refractivity contribution is -0.126. The Bertz CT molecular complexity index is 1950. The highest BCUT2D eigenvalue weighted by Gasteiger charge is 2.16. The van der Waals surface area contributed by atoms with Crippen molar-refractivity contribution in [3.63, 3.8) is 0 Å². The third kappa shape index (κ3) is 79.7. The number of unbranched alkanes of at least 4 members (excludes halogenated alkanes) is 2.